The van der Waals surface area contributed by atoms with Crippen LogP contribution in [0, 0.1) is 0 Å². The number of hydrogen-bond donors (Lipinski definition) is 2. The molecule has 2 fully saturated rings. The maximum Gasteiger partial charge on any atom is 0.476 e. The summed E-state index contributed by atoms with van der Waals surface area (Å²) in [6.45, 7) is 5.75. The average Bonchev–Trinajstić information content (AvgIpc) is 2.75. The van der Waals surface area contributed by atoms with Crippen LogP contribution < -0.4 is 19.2 Å². The number of carbonyl (C=O) groups is 1. The minimum absolute atomic E-state index is 0. The van der Waals surface area contributed by atoms with Crippen molar-refractivity contribution < 1.29 is 41.7 Å². The molecule has 0 radical (unpaired) electrons. The molecule has 2 saturated heterocycles. The van der Waals surface area contributed by atoms with Crippen LogP contribution in [0.3, 0.4) is 0 Å². The number of rotatable bonds is 7. The lowest BCUT2D eigenvalue weighted by molar-refractivity contribution is -0.857. The number of anilines is 2. The third kappa shape index (κ3) is 6.18. The van der Waals surface area contributed by atoms with Gasteiger partial charge in [-0.05, 0) is 56.6 Å². The van der Waals surface area contributed by atoms with E-state index in [0.29, 0.717) is 25.3 Å². The molecule has 1 atom stereocenters. The molecule has 2 aliphatic heterocycles. The molecular formula is C19H32N4O8S. The van der Waals surface area contributed by atoms with Crippen molar-refractivity contribution in [3.8, 4) is 0 Å². The summed E-state index contributed by atoms with van der Waals surface area (Å²) in [7, 11) is -4.92. The van der Waals surface area contributed by atoms with E-state index < -0.39 is 22.1 Å². The van der Waals surface area contributed by atoms with Crippen molar-refractivity contribution in [1.82, 2.24) is 4.98 Å². The van der Waals surface area contributed by atoms with E-state index in [1.54, 1.807) is 6.92 Å². The Morgan fingerprint density at radius 2 is 2.00 bits per heavy atom. The predicted octanol–water partition coefficient (Wildman–Crippen LogP) is 1.79. The third-order valence-corrected chi connectivity index (χ3v) is 5.92. The first-order valence-electron chi connectivity index (χ1n) is 10.8. The molecule has 3 heterocycles. The summed E-state index contributed by atoms with van der Waals surface area (Å²) in [5.74, 6) is 0.713. The molecule has 1 unspecified atom stereocenters. The number of carbonyl (C=O) groups excluding carboxylic acids is 1. The Hall–Kier alpha value is -2.22. The Bertz CT molecular complexity index is 884. The number of nitrogens with one attached hydrogen (secondary N) is 1. The highest BCUT2D eigenvalue weighted by molar-refractivity contribution is 7.80. The van der Waals surface area contributed by atoms with Gasteiger partial charge in [-0.3, -0.25) is 4.55 Å². The molecule has 13 heteroatoms. The Morgan fingerprint density at radius 3 is 2.56 bits per heavy atom. The maximum absolute atomic E-state index is 12.2. The van der Waals surface area contributed by atoms with Crippen LogP contribution in [0.1, 0.15) is 64.6 Å². The molecule has 3 rings (SSSR count). The Labute approximate surface area is 188 Å². The van der Waals surface area contributed by atoms with E-state index in [9.17, 15) is 17.8 Å². The molecule has 32 heavy (non-hydrogen) atoms. The van der Waals surface area contributed by atoms with Crippen molar-refractivity contribution in [1.29, 1.82) is 0 Å². The van der Waals surface area contributed by atoms with E-state index >= 15 is 0 Å². The molecule has 182 valence electrons. The van der Waals surface area contributed by atoms with Gasteiger partial charge in [-0.1, -0.05) is 11.9 Å². The first-order chi connectivity index (χ1) is 14.8. The van der Waals surface area contributed by atoms with Gasteiger partial charge in [0, 0.05) is 19.7 Å². The summed E-state index contributed by atoms with van der Waals surface area (Å²) < 4.78 is 49.5. The fraction of sp³-hybridized carbons (Fsp3) is 0.737. The highest BCUT2D eigenvalue weighted by Crippen LogP contribution is 2.37. The number of hydrogen-bond acceptors (Lipinski definition) is 9. The van der Waals surface area contributed by atoms with E-state index in [2.05, 4.69) is 10.2 Å². The van der Waals surface area contributed by atoms with E-state index in [-0.39, 0.29) is 23.7 Å². The molecular weight excluding hydrogens is 444 g/mol. The van der Waals surface area contributed by atoms with Gasteiger partial charge in [0.05, 0.1) is 12.7 Å². The van der Waals surface area contributed by atoms with Gasteiger partial charge in [-0.15, -0.1) is 0 Å². The monoisotopic (exact) mass is 476 g/mol. The average molecular weight is 477 g/mol. The molecule has 0 saturated carbocycles. The van der Waals surface area contributed by atoms with E-state index in [0.717, 1.165) is 49.9 Å². The normalized spacial score (nSPS) is 21.4. The number of ether oxygens (including phenoxy) is 2. The lowest BCUT2D eigenvalue weighted by Crippen LogP contribution is -2.57. The Balaban J connectivity index is 0.00000363. The zero-order valence-corrected chi connectivity index (χ0v) is 19.3. The van der Waals surface area contributed by atoms with E-state index in [1.807, 2.05) is 6.92 Å². The van der Waals surface area contributed by atoms with Crippen molar-refractivity contribution in [2.45, 2.75) is 64.4 Å². The van der Waals surface area contributed by atoms with Crippen molar-refractivity contribution >= 4 is 28.1 Å². The van der Waals surface area contributed by atoms with Gasteiger partial charge in [-0.2, -0.15) is 8.42 Å². The predicted molar refractivity (Wildman–Crippen MR) is 113 cm³/mol. The minimum Gasteiger partial charge on any atom is -0.870 e. The summed E-state index contributed by atoms with van der Waals surface area (Å²) in [4.78, 5) is 19.0. The largest absolute Gasteiger partial charge is 0.870 e. The highest BCUT2D eigenvalue weighted by Gasteiger charge is 2.45. The second-order valence-corrected chi connectivity index (χ2v) is 8.67. The quantitative estimate of drug-likeness (QED) is 0.438. The van der Waals surface area contributed by atoms with Crippen LogP contribution in [-0.4, -0.2) is 55.8 Å². The smallest absolute Gasteiger partial charge is 0.476 e. The second-order valence-electron chi connectivity index (χ2n) is 7.67. The van der Waals surface area contributed by atoms with Crippen LogP contribution in [0.15, 0.2) is 6.07 Å². The van der Waals surface area contributed by atoms with Gasteiger partial charge in [0.25, 0.3) is 5.82 Å². The molecule has 0 aliphatic carbocycles. The summed E-state index contributed by atoms with van der Waals surface area (Å²) >= 11 is 0. The van der Waals surface area contributed by atoms with E-state index in [4.69, 9.17) is 18.7 Å². The fourth-order valence-electron chi connectivity index (χ4n) is 4.05. The van der Waals surface area contributed by atoms with Crippen molar-refractivity contribution in [2.75, 3.05) is 36.5 Å². The second kappa shape index (κ2) is 11.1. The van der Waals surface area contributed by atoms with Gasteiger partial charge in [0.1, 0.15) is 0 Å². The summed E-state index contributed by atoms with van der Waals surface area (Å²) in [6.07, 6.45) is 5.17. The van der Waals surface area contributed by atoms with Crippen LogP contribution in [-0.2, 0) is 25.5 Å². The summed E-state index contributed by atoms with van der Waals surface area (Å²) in [5, 5.41) is 2.51. The Kier molecular flexibility index (Phi) is 9.01. The standard InChI is InChI=1S/C19H30N4O7S.H2O/c1-3-19(10-6-9-13-29-19)17-20-15(22-11-7-5-8-12-22)14-16(21-18(24)28-4-2)23(17)30-31(25,26)27;/h14H,3-13H2,1-2H3,(H,25,26,27);1H2. The molecule has 3 N–H and O–H groups in total. The summed E-state index contributed by atoms with van der Waals surface area (Å²) in [6, 6.07) is 1.52. The number of nitrogens with zero attached hydrogens (tertiary/aromatic N) is 3. The van der Waals surface area contributed by atoms with Crippen molar-refractivity contribution in [3.05, 3.63) is 11.9 Å². The van der Waals surface area contributed by atoms with Gasteiger partial charge >= 0.3 is 22.3 Å². The molecule has 2 aliphatic rings. The molecule has 1 amide bonds. The van der Waals surface area contributed by atoms with Gasteiger partial charge in [-0.25, -0.2) is 14.4 Å². The number of piperidine rings is 1. The van der Waals surface area contributed by atoms with Crippen LogP contribution >= 0.6 is 0 Å². The Morgan fingerprint density at radius 1 is 1.28 bits per heavy atom. The SMILES string of the molecule is CCOC(=O)Nc1cc(N2CCCCC2)nc(C2(CC)CCCCO2)[n+]1OS(=O)(=O)O.[OH-]. The van der Waals surface area contributed by atoms with Crippen LogP contribution in [0.25, 0.3) is 0 Å². The van der Waals surface area contributed by atoms with Crippen LogP contribution in [0.5, 0.6) is 0 Å². The minimum atomic E-state index is -4.92. The highest BCUT2D eigenvalue weighted by atomic mass is 32.3. The molecule has 12 nitrogen and oxygen atoms in total. The zero-order chi connectivity index (χ0) is 22.5. The third-order valence-electron chi connectivity index (χ3n) is 5.58. The first kappa shape index (κ1) is 26.0. The molecule has 1 aromatic heterocycles. The first-order valence-corrected chi connectivity index (χ1v) is 12.1. The van der Waals surface area contributed by atoms with E-state index in [1.165, 1.54) is 6.07 Å². The molecule has 0 aromatic carbocycles. The summed E-state index contributed by atoms with van der Waals surface area (Å²) in [5.41, 5.74) is -0.931. The molecule has 0 bridgehead atoms. The topological polar surface area (TPSA) is 161 Å². The van der Waals surface area contributed by atoms with Gasteiger partial charge < -0.3 is 19.8 Å². The lowest BCUT2D eigenvalue weighted by atomic mass is 9.90. The fourth-order valence-corrected chi connectivity index (χ4v) is 4.39. The zero-order valence-electron chi connectivity index (χ0n) is 18.4. The lowest BCUT2D eigenvalue weighted by Gasteiger charge is -2.34. The number of amides is 1. The maximum atomic E-state index is 12.2. The van der Waals surface area contributed by atoms with Crippen molar-refractivity contribution in [2.24, 2.45) is 0 Å². The number of aromatic nitrogens is 2. The molecule has 0 spiro atoms. The van der Waals surface area contributed by atoms with Gasteiger partial charge in [0.15, 0.2) is 5.60 Å². The molecule has 1 aromatic rings. The van der Waals surface area contributed by atoms with Crippen LogP contribution in [0.2, 0.25) is 0 Å². The van der Waals surface area contributed by atoms with Crippen molar-refractivity contribution in [3.63, 3.8) is 0 Å². The van der Waals surface area contributed by atoms with Gasteiger partial charge in [0.2, 0.25) is 5.82 Å². The van der Waals surface area contributed by atoms with Crippen LogP contribution in [0.4, 0.5) is 16.4 Å².